The van der Waals surface area contributed by atoms with Crippen molar-refractivity contribution in [1.82, 2.24) is 5.32 Å². The summed E-state index contributed by atoms with van der Waals surface area (Å²) < 4.78 is 13.3. The summed E-state index contributed by atoms with van der Waals surface area (Å²) in [6.07, 6.45) is 6.72. The quantitative estimate of drug-likeness (QED) is 0.481. The molecule has 2 aromatic carbocycles. The molecule has 0 aliphatic heterocycles. The van der Waals surface area contributed by atoms with Crippen LogP contribution in [0.4, 0.5) is 15.8 Å². The fourth-order valence-corrected chi connectivity index (χ4v) is 6.69. The van der Waals surface area contributed by atoms with Crippen molar-refractivity contribution in [2.24, 2.45) is 23.2 Å². The molecule has 0 aromatic heterocycles. The smallest absolute Gasteiger partial charge is 0.255 e. The maximum absolute atomic E-state index is 13.3. The first-order valence-corrected chi connectivity index (χ1v) is 12.1. The van der Waals surface area contributed by atoms with Crippen molar-refractivity contribution in [3.8, 4) is 0 Å². The van der Waals surface area contributed by atoms with E-state index in [0.717, 1.165) is 19.3 Å². The topological polar surface area (TPSA) is 70.2 Å². The van der Waals surface area contributed by atoms with Gasteiger partial charge in [0.25, 0.3) is 5.91 Å². The van der Waals surface area contributed by atoms with E-state index in [2.05, 4.69) is 16.0 Å². The van der Waals surface area contributed by atoms with Crippen LogP contribution in [0.15, 0.2) is 42.5 Å². The molecule has 0 saturated heterocycles. The van der Waals surface area contributed by atoms with Crippen LogP contribution < -0.4 is 16.0 Å². The van der Waals surface area contributed by atoms with Gasteiger partial charge in [-0.15, -0.1) is 0 Å². The number of rotatable bonds is 4. The average Bonchev–Trinajstić information content (AvgIpc) is 2.75. The summed E-state index contributed by atoms with van der Waals surface area (Å²) in [6.45, 7) is 0. The molecule has 4 fully saturated rings. The lowest BCUT2D eigenvalue weighted by Crippen LogP contribution is -2.55. The van der Waals surface area contributed by atoms with E-state index in [1.807, 2.05) is 0 Å². The van der Waals surface area contributed by atoms with Crippen molar-refractivity contribution in [3.05, 3.63) is 58.9 Å². The zero-order chi connectivity index (χ0) is 23.2. The Kier molecular flexibility index (Phi) is 5.87. The highest BCUT2D eigenvalue weighted by Gasteiger charge is 2.54. The molecule has 3 N–H and O–H groups in total. The first-order valence-electron chi connectivity index (χ1n) is 11.3. The zero-order valence-corrected chi connectivity index (χ0v) is 19.6. The summed E-state index contributed by atoms with van der Waals surface area (Å²) in [5, 5.41) is 8.81. The predicted molar refractivity (Wildman–Crippen MR) is 131 cm³/mol. The average molecular weight is 486 g/mol. The first-order chi connectivity index (χ1) is 15.8. The second-order valence-electron chi connectivity index (χ2n) is 9.77. The minimum absolute atomic E-state index is 0.0289. The summed E-state index contributed by atoms with van der Waals surface area (Å²) in [7, 11) is 0. The summed E-state index contributed by atoms with van der Waals surface area (Å²) in [4.78, 5) is 25.8. The van der Waals surface area contributed by atoms with Gasteiger partial charge in [-0.25, -0.2) is 4.39 Å². The third-order valence-corrected chi connectivity index (χ3v) is 7.80. The number of amides is 2. The van der Waals surface area contributed by atoms with Crippen molar-refractivity contribution < 1.29 is 14.0 Å². The lowest BCUT2D eigenvalue weighted by atomic mass is 9.49. The van der Waals surface area contributed by atoms with Gasteiger partial charge in [0, 0.05) is 16.9 Å². The van der Waals surface area contributed by atoms with E-state index in [0.29, 0.717) is 34.7 Å². The molecule has 0 heterocycles. The molecule has 4 aliphatic carbocycles. The van der Waals surface area contributed by atoms with Gasteiger partial charge >= 0.3 is 0 Å². The third-order valence-electron chi connectivity index (χ3n) is 7.31. The Hall–Kier alpha value is -2.51. The summed E-state index contributed by atoms with van der Waals surface area (Å²) >= 11 is 11.2. The van der Waals surface area contributed by atoms with Gasteiger partial charge in [-0.3, -0.25) is 9.59 Å². The lowest BCUT2D eigenvalue weighted by molar-refractivity contribution is -0.144. The minimum atomic E-state index is -0.551. The van der Waals surface area contributed by atoms with Crippen LogP contribution >= 0.6 is 23.8 Å². The van der Waals surface area contributed by atoms with Gasteiger partial charge in [-0.05, 0) is 105 Å². The second kappa shape index (κ2) is 8.69. The van der Waals surface area contributed by atoms with Gasteiger partial charge in [-0.2, -0.15) is 0 Å². The van der Waals surface area contributed by atoms with Gasteiger partial charge in [0.05, 0.1) is 10.4 Å². The number of hydrogen-bond donors (Lipinski definition) is 3. The molecular formula is C25H25ClFN3O2S. The molecule has 5 nitrogen and oxygen atoms in total. The van der Waals surface area contributed by atoms with Crippen molar-refractivity contribution in [2.45, 2.75) is 38.5 Å². The number of thiocarbonyl (C=S) groups is 1. The van der Waals surface area contributed by atoms with Crippen LogP contribution in [0.3, 0.4) is 0 Å². The maximum Gasteiger partial charge on any atom is 0.255 e. The summed E-state index contributed by atoms with van der Waals surface area (Å²) in [6, 6.07) is 10.8. The van der Waals surface area contributed by atoms with Crippen LogP contribution in [0.2, 0.25) is 5.02 Å². The van der Waals surface area contributed by atoms with Gasteiger partial charge in [-0.1, -0.05) is 17.7 Å². The molecule has 0 unspecified atom stereocenters. The number of benzene rings is 2. The monoisotopic (exact) mass is 485 g/mol. The molecular weight excluding hydrogens is 461 g/mol. The van der Waals surface area contributed by atoms with Crippen LogP contribution in [0.1, 0.15) is 48.9 Å². The number of carbonyl (C=O) groups is 2. The molecule has 4 saturated carbocycles. The molecule has 6 rings (SSSR count). The molecule has 172 valence electrons. The highest BCUT2D eigenvalue weighted by Crippen LogP contribution is 2.60. The van der Waals surface area contributed by atoms with Crippen LogP contribution in [0.5, 0.6) is 0 Å². The van der Waals surface area contributed by atoms with E-state index < -0.39 is 5.82 Å². The molecule has 0 atom stereocenters. The van der Waals surface area contributed by atoms with Crippen molar-refractivity contribution in [2.75, 3.05) is 10.6 Å². The molecule has 4 aliphatic rings. The van der Waals surface area contributed by atoms with Gasteiger partial charge in [0.15, 0.2) is 5.11 Å². The Morgan fingerprint density at radius 3 is 2.21 bits per heavy atom. The summed E-state index contributed by atoms with van der Waals surface area (Å²) in [5.41, 5.74) is 1.09. The predicted octanol–water partition coefficient (Wildman–Crippen LogP) is 5.76. The molecule has 4 bridgehead atoms. The van der Waals surface area contributed by atoms with Gasteiger partial charge < -0.3 is 16.0 Å². The standard InChI is InChI=1S/C25H25ClFN3O2S/c26-20-10-19(4-5-21(20)27)28-22(31)17-2-1-3-18(9-17)29-24(33)30-23(32)25-11-14-6-15(12-25)8-16(7-14)13-25/h1-5,9-10,14-16H,6-8,11-13H2,(H,28,31)(H2,29,30,32,33). The Morgan fingerprint density at radius 1 is 0.939 bits per heavy atom. The normalized spacial score (nSPS) is 27.2. The van der Waals surface area contributed by atoms with E-state index in [4.69, 9.17) is 23.8 Å². The van der Waals surface area contributed by atoms with Crippen LogP contribution in [0, 0.1) is 29.0 Å². The highest BCUT2D eigenvalue weighted by atomic mass is 35.5. The number of carbonyl (C=O) groups excluding carboxylic acids is 2. The van der Waals surface area contributed by atoms with Crippen molar-refractivity contribution in [1.29, 1.82) is 0 Å². The Bertz CT molecular complexity index is 1100. The first kappa shape index (κ1) is 22.3. The van der Waals surface area contributed by atoms with E-state index in [9.17, 15) is 14.0 Å². The van der Waals surface area contributed by atoms with E-state index >= 15 is 0 Å². The number of nitrogens with one attached hydrogen (secondary N) is 3. The fourth-order valence-electron chi connectivity index (χ4n) is 6.30. The maximum atomic E-state index is 13.3. The van der Waals surface area contributed by atoms with E-state index in [1.165, 1.54) is 37.5 Å². The Labute approximate surface area is 202 Å². The molecule has 8 heteroatoms. The van der Waals surface area contributed by atoms with Crippen LogP contribution in [-0.2, 0) is 4.79 Å². The number of hydrogen-bond acceptors (Lipinski definition) is 3. The van der Waals surface area contributed by atoms with E-state index in [-0.39, 0.29) is 27.4 Å². The minimum Gasteiger partial charge on any atom is -0.332 e. The SMILES string of the molecule is O=C(Nc1ccc(F)c(Cl)c1)c1cccc(NC(=S)NC(=O)C23CC4CC(CC(C4)C2)C3)c1. The van der Waals surface area contributed by atoms with E-state index in [1.54, 1.807) is 24.3 Å². The number of anilines is 2. The van der Waals surface area contributed by atoms with Crippen molar-refractivity contribution in [3.63, 3.8) is 0 Å². The fraction of sp³-hybridized carbons (Fsp3) is 0.400. The van der Waals surface area contributed by atoms with Gasteiger partial charge in [0.2, 0.25) is 5.91 Å². The number of halogens is 2. The highest BCUT2D eigenvalue weighted by molar-refractivity contribution is 7.80. The van der Waals surface area contributed by atoms with Crippen LogP contribution in [0.25, 0.3) is 0 Å². The van der Waals surface area contributed by atoms with Crippen molar-refractivity contribution >= 4 is 52.1 Å². The molecule has 2 aromatic rings. The molecule has 0 radical (unpaired) electrons. The largest absolute Gasteiger partial charge is 0.332 e. The second-order valence-corrected chi connectivity index (χ2v) is 10.6. The zero-order valence-electron chi connectivity index (χ0n) is 18.0. The molecule has 33 heavy (non-hydrogen) atoms. The Morgan fingerprint density at radius 2 is 1.58 bits per heavy atom. The van der Waals surface area contributed by atoms with Crippen LogP contribution in [-0.4, -0.2) is 16.9 Å². The lowest BCUT2D eigenvalue weighted by Gasteiger charge is -2.55. The molecule has 0 spiro atoms. The third kappa shape index (κ3) is 4.62. The molecule has 2 amide bonds. The van der Waals surface area contributed by atoms with Gasteiger partial charge in [0.1, 0.15) is 5.82 Å². The summed E-state index contributed by atoms with van der Waals surface area (Å²) in [5.74, 6) is 1.13. The Balaban J connectivity index is 1.21.